The Hall–Kier alpha value is -4.13. The zero-order valence-electron chi connectivity index (χ0n) is 22.8. The molecule has 0 atom stereocenters. The van der Waals surface area contributed by atoms with Crippen LogP contribution < -0.4 is 10.6 Å². The van der Waals surface area contributed by atoms with Crippen molar-refractivity contribution in [3.8, 4) is 10.4 Å². The Kier molecular flexibility index (Phi) is 8.95. The van der Waals surface area contributed by atoms with Gasteiger partial charge in [-0.25, -0.2) is 4.98 Å². The van der Waals surface area contributed by atoms with E-state index in [4.69, 9.17) is 0 Å². The highest BCUT2D eigenvalue weighted by atomic mass is 32.1. The van der Waals surface area contributed by atoms with Gasteiger partial charge in [0.05, 0.1) is 11.1 Å². The number of hydrogen-bond acceptors (Lipinski definition) is 7. The van der Waals surface area contributed by atoms with Crippen molar-refractivity contribution in [2.75, 3.05) is 43.4 Å². The van der Waals surface area contributed by atoms with Crippen molar-refractivity contribution >= 4 is 34.7 Å². The maximum Gasteiger partial charge on any atom is 0.416 e. The number of benzene rings is 1. The molecule has 42 heavy (non-hydrogen) atoms. The van der Waals surface area contributed by atoms with E-state index in [9.17, 15) is 22.8 Å². The monoisotopic (exact) mass is 594 g/mol. The lowest BCUT2D eigenvalue weighted by atomic mass is 10.0. The van der Waals surface area contributed by atoms with Gasteiger partial charge in [0.15, 0.2) is 0 Å². The predicted octanol–water partition coefficient (Wildman–Crippen LogP) is 5.87. The van der Waals surface area contributed by atoms with Crippen molar-refractivity contribution in [1.82, 2.24) is 19.8 Å². The normalized spacial score (nSPS) is 14.5. The van der Waals surface area contributed by atoms with E-state index in [-0.39, 0.29) is 29.2 Å². The number of amides is 2. The molecular weight excluding hydrogens is 565 g/mol. The van der Waals surface area contributed by atoms with Crippen molar-refractivity contribution in [2.24, 2.45) is 0 Å². The summed E-state index contributed by atoms with van der Waals surface area (Å²) in [6, 6.07) is 12.2. The number of pyridine rings is 2. The maximum atomic E-state index is 14.0. The van der Waals surface area contributed by atoms with Gasteiger partial charge in [0.2, 0.25) is 0 Å². The molecule has 1 saturated heterocycles. The molecule has 2 N–H and O–H groups in total. The Morgan fingerprint density at radius 2 is 1.69 bits per heavy atom. The smallest absolute Gasteiger partial charge is 0.322 e. The van der Waals surface area contributed by atoms with Crippen LogP contribution in [0.4, 0.5) is 24.7 Å². The summed E-state index contributed by atoms with van der Waals surface area (Å²) < 4.78 is 42.0. The van der Waals surface area contributed by atoms with E-state index >= 15 is 0 Å². The topological polar surface area (TPSA) is 90.5 Å². The van der Waals surface area contributed by atoms with Gasteiger partial charge in [-0.1, -0.05) is 19.1 Å². The average Bonchev–Trinajstić information content (AvgIpc) is 3.53. The average molecular weight is 595 g/mol. The van der Waals surface area contributed by atoms with Gasteiger partial charge < -0.3 is 15.5 Å². The van der Waals surface area contributed by atoms with Gasteiger partial charge in [-0.15, -0.1) is 11.3 Å². The molecule has 0 aliphatic carbocycles. The quantitative estimate of drug-likeness (QED) is 0.265. The largest absolute Gasteiger partial charge is 0.416 e. The van der Waals surface area contributed by atoms with E-state index < -0.39 is 23.6 Å². The first-order valence-corrected chi connectivity index (χ1v) is 14.3. The second kappa shape index (κ2) is 12.8. The van der Waals surface area contributed by atoms with Crippen LogP contribution in [0.2, 0.25) is 0 Å². The minimum atomic E-state index is -4.58. The first-order valence-electron chi connectivity index (χ1n) is 13.4. The van der Waals surface area contributed by atoms with E-state index in [1.165, 1.54) is 48.0 Å². The van der Waals surface area contributed by atoms with Crippen molar-refractivity contribution in [3.05, 3.63) is 94.8 Å². The predicted molar refractivity (Wildman–Crippen MR) is 157 cm³/mol. The second-order valence-corrected chi connectivity index (χ2v) is 10.8. The fraction of sp³-hybridized carbons (Fsp3) is 0.267. The summed E-state index contributed by atoms with van der Waals surface area (Å²) >= 11 is 1.52. The van der Waals surface area contributed by atoms with Crippen LogP contribution in [-0.2, 0) is 12.7 Å². The SMILES string of the molecule is CCN1CCN(Cc2ccc(NC(=O)c3ccnc(NC(=O)c4cncc(-c5cccs5)c4)c3)cc2C(F)(F)F)CC1. The van der Waals surface area contributed by atoms with Crippen molar-refractivity contribution in [3.63, 3.8) is 0 Å². The molecule has 0 saturated carbocycles. The minimum Gasteiger partial charge on any atom is -0.322 e. The number of alkyl halides is 3. The zero-order chi connectivity index (χ0) is 29.7. The first kappa shape index (κ1) is 29.4. The molecule has 0 radical (unpaired) electrons. The number of likely N-dealkylation sites (N-methyl/N-ethyl adjacent to an activating group) is 1. The number of nitrogens with zero attached hydrogens (tertiary/aromatic N) is 4. The summed E-state index contributed by atoms with van der Waals surface area (Å²) in [4.78, 5) is 39.3. The number of nitrogens with one attached hydrogen (secondary N) is 2. The molecular formula is C30H29F3N6O2S. The summed E-state index contributed by atoms with van der Waals surface area (Å²) in [5.74, 6) is -0.984. The first-order chi connectivity index (χ1) is 20.2. The van der Waals surface area contributed by atoms with Crippen molar-refractivity contribution < 1.29 is 22.8 Å². The van der Waals surface area contributed by atoms with Crippen molar-refractivity contribution in [1.29, 1.82) is 0 Å². The number of rotatable bonds is 8. The van der Waals surface area contributed by atoms with Crippen LogP contribution in [0.1, 0.15) is 38.8 Å². The Morgan fingerprint density at radius 1 is 0.929 bits per heavy atom. The van der Waals surface area contributed by atoms with Crippen LogP contribution in [0.15, 0.2) is 72.5 Å². The number of carbonyl (C=O) groups excluding carboxylic acids is 2. The molecule has 12 heteroatoms. The van der Waals surface area contributed by atoms with Gasteiger partial charge in [0, 0.05) is 73.0 Å². The lowest BCUT2D eigenvalue weighted by molar-refractivity contribution is -0.138. The second-order valence-electron chi connectivity index (χ2n) is 9.86. The molecule has 3 aromatic heterocycles. The zero-order valence-corrected chi connectivity index (χ0v) is 23.6. The summed E-state index contributed by atoms with van der Waals surface area (Å²) in [6.07, 6.45) is -0.148. The van der Waals surface area contributed by atoms with E-state index in [0.717, 1.165) is 36.1 Å². The van der Waals surface area contributed by atoms with Crippen molar-refractivity contribution in [2.45, 2.75) is 19.6 Å². The molecule has 1 aliphatic rings. The molecule has 0 spiro atoms. The van der Waals surface area contributed by atoms with E-state index in [2.05, 4.69) is 32.4 Å². The molecule has 4 aromatic rings. The summed E-state index contributed by atoms with van der Waals surface area (Å²) in [5, 5.41) is 7.12. The summed E-state index contributed by atoms with van der Waals surface area (Å²) in [6.45, 7) is 6.19. The van der Waals surface area contributed by atoms with Crippen LogP contribution >= 0.6 is 11.3 Å². The van der Waals surface area contributed by atoms with Gasteiger partial charge >= 0.3 is 6.18 Å². The van der Waals surface area contributed by atoms with Gasteiger partial charge in [0.1, 0.15) is 5.82 Å². The molecule has 0 unspecified atom stereocenters. The van der Waals surface area contributed by atoms with Crippen LogP contribution in [0.5, 0.6) is 0 Å². The molecule has 218 valence electrons. The van der Waals surface area contributed by atoms with Gasteiger partial charge in [-0.05, 0) is 53.9 Å². The summed E-state index contributed by atoms with van der Waals surface area (Å²) in [5.41, 5.74) is 0.630. The third-order valence-electron chi connectivity index (χ3n) is 7.05. The Balaban J connectivity index is 1.27. The molecule has 4 heterocycles. The number of hydrogen-bond donors (Lipinski definition) is 2. The van der Waals surface area contributed by atoms with Crippen LogP contribution in [-0.4, -0.2) is 64.3 Å². The lowest BCUT2D eigenvalue weighted by Crippen LogP contribution is -2.45. The molecule has 1 aliphatic heterocycles. The Bertz CT molecular complexity index is 1550. The third-order valence-corrected chi connectivity index (χ3v) is 7.97. The number of thiophene rings is 1. The van der Waals surface area contributed by atoms with Gasteiger partial charge in [-0.3, -0.25) is 19.5 Å². The lowest BCUT2D eigenvalue weighted by Gasteiger charge is -2.34. The third kappa shape index (κ3) is 7.19. The number of carbonyl (C=O) groups is 2. The Morgan fingerprint density at radius 3 is 2.40 bits per heavy atom. The van der Waals surface area contributed by atoms with Crippen LogP contribution in [0.3, 0.4) is 0 Å². The number of anilines is 2. The van der Waals surface area contributed by atoms with Gasteiger partial charge in [0.25, 0.3) is 11.8 Å². The highest BCUT2D eigenvalue weighted by molar-refractivity contribution is 7.13. The molecule has 8 nitrogen and oxygen atoms in total. The highest BCUT2D eigenvalue weighted by Gasteiger charge is 2.34. The number of piperazine rings is 1. The molecule has 1 fully saturated rings. The summed E-state index contributed by atoms with van der Waals surface area (Å²) in [7, 11) is 0. The van der Waals surface area contributed by atoms with E-state index in [0.29, 0.717) is 18.7 Å². The molecule has 1 aromatic carbocycles. The van der Waals surface area contributed by atoms with Gasteiger partial charge in [-0.2, -0.15) is 13.2 Å². The van der Waals surface area contributed by atoms with E-state index in [1.54, 1.807) is 12.3 Å². The molecule has 5 rings (SSSR count). The standard InChI is InChI=1S/C30H29F3N6O2S/c1-2-38-9-11-39(12-10-38)19-21-5-6-24(16-25(21)30(31,32)33)36-28(40)20-7-8-35-27(15-20)37-29(41)23-14-22(17-34-18-23)26-4-3-13-42-26/h3-8,13-18H,2,9-12,19H2,1H3,(H,36,40)(H,35,37,41). The number of halogens is 3. The molecule has 2 amide bonds. The maximum absolute atomic E-state index is 14.0. The number of aromatic nitrogens is 2. The Labute approximate surface area is 245 Å². The van der Waals surface area contributed by atoms with Crippen LogP contribution in [0.25, 0.3) is 10.4 Å². The fourth-order valence-electron chi connectivity index (χ4n) is 4.73. The van der Waals surface area contributed by atoms with Crippen LogP contribution in [0, 0.1) is 0 Å². The molecule has 0 bridgehead atoms. The minimum absolute atomic E-state index is 0.0192. The highest BCUT2D eigenvalue weighted by Crippen LogP contribution is 2.35. The fourth-order valence-corrected chi connectivity index (χ4v) is 5.44. The van der Waals surface area contributed by atoms with E-state index in [1.807, 2.05) is 22.4 Å².